The van der Waals surface area contributed by atoms with Gasteiger partial charge in [0.1, 0.15) is 5.75 Å². The van der Waals surface area contributed by atoms with E-state index in [4.69, 9.17) is 9.47 Å². The number of carbonyl (C=O) groups is 1. The van der Waals surface area contributed by atoms with Crippen LogP contribution in [0.5, 0.6) is 5.75 Å². The summed E-state index contributed by atoms with van der Waals surface area (Å²) in [5.74, 6) is 0.507. The van der Waals surface area contributed by atoms with Gasteiger partial charge in [0.2, 0.25) is 0 Å². The van der Waals surface area contributed by atoms with E-state index in [0.717, 1.165) is 39.3 Å². The number of anilines is 1. The molecule has 8 heteroatoms. The van der Waals surface area contributed by atoms with Gasteiger partial charge in [-0.1, -0.05) is 30.3 Å². The van der Waals surface area contributed by atoms with Crippen molar-refractivity contribution in [2.45, 2.75) is 38.6 Å². The van der Waals surface area contributed by atoms with Crippen molar-refractivity contribution in [3.8, 4) is 16.9 Å². The molecule has 3 aromatic rings. The van der Waals surface area contributed by atoms with Crippen molar-refractivity contribution >= 4 is 21.5 Å². The molecule has 2 aliphatic heterocycles. The lowest BCUT2D eigenvalue weighted by Crippen LogP contribution is -2.48. The summed E-state index contributed by atoms with van der Waals surface area (Å²) in [7, 11) is -2.91. The number of carboxylic acids is 1. The Morgan fingerprint density at radius 3 is 2.38 bits per heavy atom. The van der Waals surface area contributed by atoms with Crippen LogP contribution in [0, 0.1) is 19.8 Å². The molecule has 2 N–H and O–H groups in total. The fourth-order valence-corrected chi connectivity index (χ4v) is 7.51. The number of aryl methyl sites for hydroxylation is 2. The number of benzene rings is 3. The second kappa shape index (κ2) is 11.0. The molecule has 0 spiro atoms. The average molecular weight is 550 g/mol. The van der Waals surface area contributed by atoms with E-state index < -0.39 is 21.2 Å². The first-order chi connectivity index (χ1) is 18.6. The molecule has 2 saturated heterocycles. The lowest BCUT2D eigenvalue weighted by atomic mass is 9.76. The second-order valence-electron chi connectivity index (χ2n) is 11.0. The molecule has 0 aromatic heterocycles. The molecule has 0 amide bonds. The highest BCUT2D eigenvalue weighted by atomic mass is 32.2. The van der Waals surface area contributed by atoms with Gasteiger partial charge in [-0.05, 0) is 84.0 Å². The Kier molecular flexibility index (Phi) is 7.69. The fraction of sp³-hybridized carbons (Fsp3) is 0.387. The maximum absolute atomic E-state index is 11.7. The number of hydrogen-bond donors (Lipinski definition) is 2. The van der Waals surface area contributed by atoms with Gasteiger partial charge in [-0.25, -0.2) is 8.42 Å². The molecule has 5 rings (SSSR count). The molecular formula is C31H35NO6S. The van der Waals surface area contributed by atoms with Crippen molar-refractivity contribution in [2.75, 3.05) is 36.6 Å². The van der Waals surface area contributed by atoms with Gasteiger partial charge in [-0.2, -0.15) is 0 Å². The summed E-state index contributed by atoms with van der Waals surface area (Å²) in [5, 5.41) is 12.8. The molecule has 1 atom stereocenters. The topological polar surface area (TPSA) is 102 Å². The zero-order chi connectivity index (χ0) is 27.6. The third-order valence-corrected chi connectivity index (χ3v) is 9.61. The smallest absolute Gasteiger partial charge is 0.304 e. The monoisotopic (exact) mass is 549 g/mol. The minimum Gasteiger partial charge on any atom is -0.493 e. The Morgan fingerprint density at radius 1 is 1.08 bits per heavy atom. The van der Waals surface area contributed by atoms with Crippen LogP contribution in [-0.2, 0) is 31.3 Å². The first kappa shape index (κ1) is 27.2. The van der Waals surface area contributed by atoms with E-state index in [-0.39, 0.29) is 23.8 Å². The van der Waals surface area contributed by atoms with Crippen LogP contribution in [0.25, 0.3) is 11.1 Å². The molecule has 0 bridgehead atoms. The highest BCUT2D eigenvalue weighted by molar-refractivity contribution is 7.91. The van der Waals surface area contributed by atoms with Crippen LogP contribution in [0.4, 0.5) is 5.69 Å². The van der Waals surface area contributed by atoms with E-state index >= 15 is 0 Å². The minimum atomic E-state index is -2.91. The standard InChI is InChI=1S/C31H35NO6S/c1-21-12-28(38-17-24-10-11-39(35,36)18-24)13-22(2)30(21)25-5-3-4-23(14-25)16-32-27-8-6-26(7-9-27)31(15-29(33)34)19-37-20-31/h3-9,12-14,24,32H,10-11,15-20H2,1-2H3,(H,33,34). The lowest BCUT2D eigenvalue weighted by Gasteiger charge is -2.40. The molecule has 2 aliphatic rings. The molecule has 2 heterocycles. The summed E-state index contributed by atoms with van der Waals surface area (Å²) < 4.78 is 34.8. The Hall–Kier alpha value is -3.36. The van der Waals surface area contributed by atoms with Gasteiger partial charge in [-0.15, -0.1) is 0 Å². The van der Waals surface area contributed by atoms with Crippen LogP contribution < -0.4 is 10.1 Å². The summed E-state index contributed by atoms with van der Waals surface area (Å²) in [6.45, 7) is 6.11. The molecule has 7 nitrogen and oxygen atoms in total. The number of aliphatic carboxylic acids is 1. The third-order valence-electron chi connectivity index (χ3n) is 7.77. The summed E-state index contributed by atoms with van der Waals surface area (Å²) in [4.78, 5) is 11.3. The average Bonchev–Trinajstić information content (AvgIpc) is 3.22. The Morgan fingerprint density at radius 2 is 1.79 bits per heavy atom. The number of rotatable bonds is 10. The van der Waals surface area contributed by atoms with E-state index in [1.165, 1.54) is 5.56 Å². The Balaban J connectivity index is 1.23. The SMILES string of the molecule is Cc1cc(OCC2CCS(=O)(=O)C2)cc(C)c1-c1cccc(CNc2ccc(C3(CC(=O)O)COC3)cc2)c1. The van der Waals surface area contributed by atoms with E-state index in [0.29, 0.717) is 32.8 Å². The van der Waals surface area contributed by atoms with Crippen LogP contribution in [-0.4, -0.2) is 50.8 Å². The van der Waals surface area contributed by atoms with E-state index in [1.54, 1.807) is 0 Å². The molecular weight excluding hydrogens is 514 g/mol. The molecule has 0 radical (unpaired) electrons. The van der Waals surface area contributed by atoms with Crippen molar-refractivity contribution in [2.24, 2.45) is 5.92 Å². The van der Waals surface area contributed by atoms with Crippen molar-refractivity contribution in [3.63, 3.8) is 0 Å². The summed E-state index contributed by atoms with van der Waals surface area (Å²) >= 11 is 0. The van der Waals surface area contributed by atoms with E-state index in [1.807, 2.05) is 36.4 Å². The van der Waals surface area contributed by atoms with Gasteiger partial charge < -0.3 is 19.9 Å². The zero-order valence-electron chi connectivity index (χ0n) is 22.4. The molecule has 0 aliphatic carbocycles. The largest absolute Gasteiger partial charge is 0.493 e. The molecule has 3 aromatic carbocycles. The number of sulfone groups is 1. The maximum Gasteiger partial charge on any atom is 0.304 e. The lowest BCUT2D eigenvalue weighted by molar-refractivity contribution is -0.145. The normalized spacial score (nSPS) is 19.3. The second-order valence-corrected chi connectivity index (χ2v) is 13.2. The van der Waals surface area contributed by atoms with Crippen LogP contribution >= 0.6 is 0 Å². The number of carboxylic acid groups (broad SMARTS) is 1. The highest BCUT2D eigenvalue weighted by Gasteiger charge is 2.42. The Labute approximate surface area is 230 Å². The van der Waals surface area contributed by atoms with Crippen LogP contribution in [0.3, 0.4) is 0 Å². The molecule has 0 saturated carbocycles. The maximum atomic E-state index is 11.7. The van der Waals surface area contributed by atoms with E-state index in [2.05, 4.69) is 43.4 Å². The van der Waals surface area contributed by atoms with Gasteiger partial charge in [0.25, 0.3) is 0 Å². The third kappa shape index (κ3) is 6.28. The number of hydrogen-bond acceptors (Lipinski definition) is 6. The quantitative estimate of drug-likeness (QED) is 0.361. The van der Waals surface area contributed by atoms with Crippen molar-refractivity contribution in [1.82, 2.24) is 0 Å². The van der Waals surface area contributed by atoms with Crippen LogP contribution in [0.1, 0.15) is 35.1 Å². The van der Waals surface area contributed by atoms with Gasteiger partial charge >= 0.3 is 5.97 Å². The molecule has 206 valence electrons. The highest BCUT2D eigenvalue weighted by Crippen LogP contribution is 2.36. The van der Waals surface area contributed by atoms with Gasteiger partial charge in [0, 0.05) is 18.2 Å². The summed E-state index contributed by atoms with van der Waals surface area (Å²) in [6.07, 6.45) is 0.743. The minimum absolute atomic E-state index is 0.0637. The number of nitrogens with one attached hydrogen (secondary N) is 1. The van der Waals surface area contributed by atoms with Crippen LogP contribution in [0.2, 0.25) is 0 Å². The van der Waals surface area contributed by atoms with Gasteiger partial charge in [0.15, 0.2) is 9.84 Å². The molecule has 39 heavy (non-hydrogen) atoms. The number of ether oxygens (including phenoxy) is 2. The van der Waals surface area contributed by atoms with E-state index in [9.17, 15) is 18.3 Å². The predicted octanol–water partition coefficient (Wildman–Crippen LogP) is 5.14. The Bertz CT molecular complexity index is 1440. The van der Waals surface area contributed by atoms with Crippen molar-refractivity contribution in [1.29, 1.82) is 0 Å². The first-order valence-corrected chi connectivity index (χ1v) is 15.1. The summed E-state index contributed by atoms with van der Waals surface area (Å²) in [6, 6.07) is 20.5. The van der Waals surface area contributed by atoms with Gasteiger partial charge in [-0.3, -0.25) is 4.79 Å². The van der Waals surface area contributed by atoms with Crippen molar-refractivity contribution < 1.29 is 27.8 Å². The van der Waals surface area contributed by atoms with Crippen LogP contribution in [0.15, 0.2) is 60.7 Å². The first-order valence-electron chi connectivity index (χ1n) is 13.3. The summed E-state index contributed by atoms with van der Waals surface area (Å²) in [5.41, 5.74) is 7.21. The zero-order valence-corrected chi connectivity index (χ0v) is 23.2. The fourth-order valence-electron chi connectivity index (χ4n) is 5.67. The molecule has 1 unspecified atom stereocenters. The molecule has 2 fully saturated rings. The predicted molar refractivity (Wildman–Crippen MR) is 152 cm³/mol. The van der Waals surface area contributed by atoms with Gasteiger partial charge in [0.05, 0.1) is 43.2 Å². The van der Waals surface area contributed by atoms with Crippen molar-refractivity contribution in [3.05, 3.63) is 82.9 Å².